The van der Waals surface area contributed by atoms with Gasteiger partial charge in [0.2, 0.25) is 11.8 Å². The Morgan fingerprint density at radius 1 is 1.40 bits per heavy atom. The van der Waals surface area contributed by atoms with Gasteiger partial charge in [0.05, 0.1) is 5.41 Å². The molecule has 0 aromatic carbocycles. The third-order valence-corrected chi connectivity index (χ3v) is 4.85. The summed E-state index contributed by atoms with van der Waals surface area (Å²) in [5.41, 5.74) is 5.09. The molecule has 0 bridgehead atoms. The number of thiol groups is 1. The molecule has 6 heteroatoms. The second-order valence-electron chi connectivity index (χ2n) is 6.51. The van der Waals surface area contributed by atoms with Gasteiger partial charge in [-0.05, 0) is 31.8 Å². The molecule has 1 spiro atoms. The van der Waals surface area contributed by atoms with Crippen molar-refractivity contribution >= 4 is 24.4 Å². The number of primary amides is 1. The Hall–Kier alpha value is -0.750. The number of amides is 2. The largest absolute Gasteiger partial charge is 0.368 e. The number of piperidine rings is 1. The van der Waals surface area contributed by atoms with Crippen molar-refractivity contribution in [2.24, 2.45) is 17.1 Å². The van der Waals surface area contributed by atoms with Crippen LogP contribution in [0.5, 0.6) is 0 Å². The molecule has 2 rings (SSSR count). The summed E-state index contributed by atoms with van der Waals surface area (Å²) in [7, 11) is 0. The van der Waals surface area contributed by atoms with E-state index < -0.39 is 11.9 Å². The summed E-state index contributed by atoms with van der Waals surface area (Å²) in [6, 6.07) is -0.551. The van der Waals surface area contributed by atoms with Gasteiger partial charge in [0, 0.05) is 18.8 Å². The highest BCUT2D eigenvalue weighted by molar-refractivity contribution is 7.80. The lowest BCUT2D eigenvalue weighted by molar-refractivity contribution is -0.171. The fraction of sp³-hybridized carbons (Fsp3) is 0.857. The normalized spacial score (nSPS) is 24.0. The van der Waals surface area contributed by atoms with Crippen LogP contribution in [0.1, 0.15) is 26.7 Å². The number of β-lactam (4-membered cyclic amide) rings is 1. The van der Waals surface area contributed by atoms with E-state index in [1.54, 1.807) is 4.90 Å². The van der Waals surface area contributed by atoms with Crippen LogP contribution < -0.4 is 5.73 Å². The highest BCUT2D eigenvalue weighted by Gasteiger charge is 2.55. The molecule has 0 radical (unpaired) electrons. The number of nitrogens with zero attached hydrogens (tertiary/aromatic N) is 2. The third kappa shape index (κ3) is 2.81. The summed E-state index contributed by atoms with van der Waals surface area (Å²) < 4.78 is 0. The zero-order valence-corrected chi connectivity index (χ0v) is 13.2. The van der Waals surface area contributed by atoms with Crippen molar-refractivity contribution < 1.29 is 9.59 Å². The first-order valence-electron chi connectivity index (χ1n) is 7.33. The van der Waals surface area contributed by atoms with Crippen LogP contribution in [0.25, 0.3) is 0 Å². The monoisotopic (exact) mass is 299 g/mol. The molecule has 0 unspecified atom stereocenters. The molecule has 0 aromatic heterocycles. The molecular weight excluding hydrogens is 274 g/mol. The molecule has 114 valence electrons. The first-order valence-corrected chi connectivity index (χ1v) is 7.96. The summed E-state index contributed by atoms with van der Waals surface area (Å²) in [5.74, 6) is 0.595. The Labute approximate surface area is 126 Å². The molecule has 2 N–H and O–H groups in total. The Morgan fingerprint density at radius 2 is 2.00 bits per heavy atom. The maximum absolute atomic E-state index is 12.4. The molecule has 2 aliphatic heterocycles. The van der Waals surface area contributed by atoms with E-state index in [-0.39, 0.29) is 11.3 Å². The Morgan fingerprint density at radius 3 is 2.40 bits per heavy atom. The molecule has 5 nitrogen and oxygen atoms in total. The van der Waals surface area contributed by atoms with Crippen molar-refractivity contribution in [3.63, 3.8) is 0 Å². The summed E-state index contributed by atoms with van der Waals surface area (Å²) in [5, 5.41) is 0. The number of hydrogen-bond donors (Lipinski definition) is 2. The van der Waals surface area contributed by atoms with Gasteiger partial charge >= 0.3 is 0 Å². The topological polar surface area (TPSA) is 66.6 Å². The first-order chi connectivity index (χ1) is 9.39. The van der Waals surface area contributed by atoms with Gasteiger partial charge in [-0.25, -0.2) is 0 Å². The molecule has 2 heterocycles. The predicted molar refractivity (Wildman–Crippen MR) is 81.5 cm³/mol. The third-order valence-electron chi connectivity index (χ3n) is 4.50. The second-order valence-corrected chi connectivity index (χ2v) is 6.87. The van der Waals surface area contributed by atoms with E-state index in [2.05, 4.69) is 31.4 Å². The van der Waals surface area contributed by atoms with Crippen LogP contribution in [0.3, 0.4) is 0 Å². The lowest BCUT2D eigenvalue weighted by Crippen LogP contribution is -2.69. The zero-order valence-electron chi connectivity index (χ0n) is 12.3. The van der Waals surface area contributed by atoms with Crippen LogP contribution in [0.2, 0.25) is 0 Å². The second kappa shape index (κ2) is 5.93. The van der Waals surface area contributed by atoms with Crippen LogP contribution in [-0.2, 0) is 9.59 Å². The number of rotatable bonds is 5. The van der Waals surface area contributed by atoms with E-state index in [0.29, 0.717) is 18.2 Å². The average molecular weight is 299 g/mol. The van der Waals surface area contributed by atoms with Crippen molar-refractivity contribution in [2.45, 2.75) is 32.7 Å². The SMILES string of the molecule is CC(C)CN1CCC2(CC1)CN([C@@H](CS)C(N)=O)C2=O. The van der Waals surface area contributed by atoms with Crippen LogP contribution >= 0.6 is 12.6 Å². The van der Waals surface area contributed by atoms with Gasteiger partial charge in [0.1, 0.15) is 6.04 Å². The van der Waals surface area contributed by atoms with Crippen LogP contribution in [0.4, 0.5) is 0 Å². The van der Waals surface area contributed by atoms with Crippen LogP contribution in [-0.4, -0.2) is 59.6 Å². The zero-order chi connectivity index (χ0) is 14.9. The fourth-order valence-corrected chi connectivity index (χ4v) is 3.70. The van der Waals surface area contributed by atoms with Gasteiger partial charge in [0.15, 0.2) is 0 Å². The van der Waals surface area contributed by atoms with Crippen molar-refractivity contribution in [2.75, 3.05) is 31.9 Å². The van der Waals surface area contributed by atoms with Crippen LogP contribution in [0.15, 0.2) is 0 Å². The number of hydrogen-bond acceptors (Lipinski definition) is 4. The highest BCUT2D eigenvalue weighted by Crippen LogP contribution is 2.42. The van der Waals surface area contributed by atoms with Gasteiger partial charge in [0.25, 0.3) is 0 Å². The molecule has 20 heavy (non-hydrogen) atoms. The lowest BCUT2D eigenvalue weighted by Gasteiger charge is -2.54. The minimum absolute atomic E-state index is 0.0968. The molecule has 2 saturated heterocycles. The van der Waals surface area contributed by atoms with E-state index in [4.69, 9.17) is 5.73 Å². The smallest absolute Gasteiger partial charge is 0.241 e. The maximum atomic E-state index is 12.4. The molecule has 0 aliphatic carbocycles. The van der Waals surface area contributed by atoms with E-state index >= 15 is 0 Å². The van der Waals surface area contributed by atoms with Gasteiger partial charge in [-0.1, -0.05) is 13.8 Å². The number of carbonyl (C=O) groups excluding carboxylic acids is 2. The standard InChI is InChI=1S/C14H25N3O2S/c1-10(2)7-16-5-3-14(4-6-16)9-17(13(14)19)11(8-20)12(15)18/h10-11,20H,3-9H2,1-2H3,(H2,15,18)/t11-/m0/s1. The Balaban J connectivity index is 1.91. The van der Waals surface area contributed by atoms with Crippen molar-refractivity contribution in [3.05, 3.63) is 0 Å². The van der Waals surface area contributed by atoms with Gasteiger partial charge in [-0.15, -0.1) is 0 Å². The highest BCUT2D eigenvalue weighted by atomic mass is 32.1. The predicted octanol–water partition coefficient (Wildman–Crippen LogP) is 0.351. The molecule has 2 amide bonds. The number of nitrogens with two attached hydrogens (primary N) is 1. The average Bonchev–Trinajstić information content (AvgIpc) is 2.39. The Kier molecular flexibility index (Phi) is 4.64. The van der Waals surface area contributed by atoms with Crippen molar-refractivity contribution in [1.29, 1.82) is 0 Å². The fourth-order valence-electron chi connectivity index (χ4n) is 3.32. The number of carbonyl (C=O) groups is 2. The van der Waals surface area contributed by atoms with Gasteiger partial charge < -0.3 is 15.5 Å². The van der Waals surface area contributed by atoms with Gasteiger partial charge in [-0.2, -0.15) is 12.6 Å². The van der Waals surface area contributed by atoms with Gasteiger partial charge in [-0.3, -0.25) is 9.59 Å². The summed E-state index contributed by atoms with van der Waals surface area (Å²) in [6.07, 6.45) is 1.79. The van der Waals surface area contributed by atoms with Crippen LogP contribution in [0, 0.1) is 11.3 Å². The maximum Gasteiger partial charge on any atom is 0.241 e. The van der Waals surface area contributed by atoms with E-state index in [9.17, 15) is 9.59 Å². The number of likely N-dealkylation sites (tertiary alicyclic amines) is 2. The molecular formula is C14H25N3O2S. The van der Waals surface area contributed by atoms with E-state index in [0.717, 1.165) is 32.5 Å². The summed E-state index contributed by atoms with van der Waals surface area (Å²) >= 11 is 4.12. The Bertz CT molecular complexity index is 392. The minimum Gasteiger partial charge on any atom is -0.368 e. The van der Waals surface area contributed by atoms with E-state index in [1.807, 2.05) is 0 Å². The summed E-state index contributed by atoms with van der Waals surface area (Å²) in [4.78, 5) is 27.8. The minimum atomic E-state index is -0.551. The lowest BCUT2D eigenvalue weighted by atomic mass is 9.70. The first kappa shape index (κ1) is 15.6. The molecule has 2 fully saturated rings. The van der Waals surface area contributed by atoms with Crippen molar-refractivity contribution in [3.8, 4) is 0 Å². The molecule has 1 atom stereocenters. The molecule has 2 aliphatic rings. The molecule has 0 saturated carbocycles. The summed E-state index contributed by atoms with van der Waals surface area (Å²) in [6.45, 7) is 8.12. The van der Waals surface area contributed by atoms with Crippen molar-refractivity contribution in [1.82, 2.24) is 9.80 Å². The molecule has 0 aromatic rings. The quantitative estimate of drug-likeness (QED) is 0.569. The van der Waals surface area contributed by atoms with E-state index in [1.165, 1.54) is 0 Å².